The quantitative estimate of drug-likeness (QED) is 0.885. The van der Waals surface area contributed by atoms with E-state index in [-0.39, 0.29) is 17.5 Å². The van der Waals surface area contributed by atoms with E-state index in [0.717, 1.165) is 35.4 Å². The Hall–Kier alpha value is -1.21. The van der Waals surface area contributed by atoms with Gasteiger partial charge in [-0.25, -0.2) is 4.79 Å². The van der Waals surface area contributed by atoms with E-state index in [1.165, 1.54) is 12.8 Å². The van der Waals surface area contributed by atoms with Crippen LogP contribution in [0.4, 0.5) is 4.79 Å². The predicted octanol–water partition coefficient (Wildman–Crippen LogP) is 2.59. The van der Waals surface area contributed by atoms with Gasteiger partial charge in [-0.1, -0.05) is 32.1 Å². The van der Waals surface area contributed by atoms with E-state index in [9.17, 15) is 4.79 Å². The molecule has 1 saturated carbocycles. The van der Waals surface area contributed by atoms with E-state index in [0.29, 0.717) is 12.6 Å². The summed E-state index contributed by atoms with van der Waals surface area (Å²) in [5, 5.41) is 16.1. The molecule has 1 aromatic heterocycles. The Morgan fingerprint density at radius 1 is 1.30 bits per heavy atom. The van der Waals surface area contributed by atoms with Gasteiger partial charge in [0.1, 0.15) is 10.0 Å². The Balaban J connectivity index is 1.43. The lowest BCUT2D eigenvalue weighted by molar-refractivity contribution is -0.00914. The molecule has 1 aliphatic carbocycles. The molecule has 0 radical (unpaired) electrons. The smallest absolute Gasteiger partial charge is 0.315 e. The van der Waals surface area contributed by atoms with Gasteiger partial charge < -0.3 is 15.4 Å². The summed E-state index contributed by atoms with van der Waals surface area (Å²) < 4.78 is 5.79. The average molecular weight is 338 g/mol. The maximum atomic E-state index is 12.1. The van der Waals surface area contributed by atoms with Crippen LogP contribution >= 0.6 is 11.3 Å². The van der Waals surface area contributed by atoms with E-state index in [1.54, 1.807) is 11.3 Å². The minimum atomic E-state index is -0.126. The summed E-state index contributed by atoms with van der Waals surface area (Å²) in [6.07, 6.45) is 4.72. The summed E-state index contributed by atoms with van der Waals surface area (Å²) in [6.45, 7) is 7.50. The molecular formula is C16H26N4O2S. The lowest BCUT2D eigenvalue weighted by Gasteiger charge is -2.30. The number of carbonyl (C=O) groups is 1. The van der Waals surface area contributed by atoms with Gasteiger partial charge >= 0.3 is 6.03 Å². The molecule has 0 bridgehead atoms. The number of carbonyl (C=O) groups excluding carboxylic acids is 1. The molecule has 128 valence electrons. The molecular weight excluding hydrogens is 312 g/mol. The number of hydrogen-bond donors (Lipinski definition) is 2. The number of aromatic nitrogens is 2. The normalized spacial score (nSPS) is 25.2. The van der Waals surface area contributed by atoms with Gasteiger partial charge in [0, 0.05) is 18.1 Å². The molecule has 6 nitrogen and oxygen atoms in total. The standard InChI is InChI=1S/C16H26N4O2S/c1-16(2,3)14-20-19-13(23-14)9-17-15(21)18-11-6-7-22-12(8-11)10-4-5-10/h10-12H,4-9H2,1-3H3,(H2,17,18,21)/t11-,12-/m1/s1. The van der Waals surface area contributed by atoms with Crippen molar-refractivity contribution in [2.24, 2.45) is 5.92 Å². The minimum Gasteiger partial charge on any atom is -0.378 e. The molecule has 2 N–H and O–H groups in total. The first-order chi connectivity index (χ1) is 10.9. The van der Waals surface area contributed by atoms with Crippen LogP contribution < -0.4 is 10.6 Å². The zero-order valence-electron chi connectivity index (χ0n) is 14.1. The Kier molecular flexibility index (Phi) is 4.87. The lowest BCUT2D eigenvalue weighted by atomic mass is 9.98. The van der Waals surface area contributed by atoms with Crippen molar-refractivity contribution in [1.82, 2.24) is 20.8 Å². The molecule has 0 aromatic carbocycles. The molecule has 1 aromatic rings. The van der Waals surface area contributed by atoms with E-state index in [1.807, 2.05) is 0 Å². The van der Waals surface area contributed by atoms with Gasteiger partial charge in [0.15, 0.2) is 0 Å². The molecule has 2 heterocycles. The third-order valence-electron chi connectivity index (χ3n) is 4.31. The highest BCUT2D eigenvalue weighted by molar-refractivity contribution is 7.11. The van der Waals surface area contributed by atoms with Crippen LogP contribution in [0.3, 0.4) is 0 Å². The van der Waals surface area contributed by atoms with Gasteiger partial charge in [0.25, 0.3) is 0 Å². The lowest BCUT2D eigenvalue weighted by Crippen LogP contribution is -2.46. The van der Waals surface area contributed by atoms with Crippen molar-refractivity contribution in [2.45, 2.75) is 70.6 Å². The van der Waals surface area contributed by atoms with Crippen molar-refractivity contribution < 1.29 is 9.53 Å². The Labute approximate surface area is 141 Å². The molecule has 0 spiro atoms. The van der Waals surface area contributed by atoms with Crippen LogP contribution in [0.15, 0.2) is 0 Å². The highest BCUT2D eigenvalue weighted by Crippen LogP contribution is 2.38. The molecule has 1 aliphatic heterocycles. The first-order valence-corrected chi connectivity index (χ1v) is 9.22. The van der Waals surface area contributed by atoms with Gasteiger partial charge in [-0.05, 0) is 31.6 Å². The second kappa shape index (κ2) is 6.73. The SMILES string of the molecule is CC(C)(C)c1nnc(CNC(=O)N[C@@H]2CCO[C@@H](C3CC3)C2)s1. The predicted molar refractivity (Wildman–Crippen MR) is 89.5 cm³/mol. The highest BCUT2D eigenvalue weighted by atomic mass is 32.1. The molecule has 1 saturated heterocycles. The van der Waals surface area contributed by atoms with Crippen LogP contribution in [-0.2, 0) is 16.7 Å². The summed E-state index contributed by atoms with van der Waals surface area (Å²) >= 11 is 1.56. The summed E-state index contributed by atoms with van der Waals surface area (Å²) in [5.41, 5.74) is -0.00189. The van der Waals surface area contributed by atoms with Crippen LogP contribution in [0.1, 0.15) is 56.5 Å². The van der Waals surface area contributed by atoms with E-state index >= 15 is 0 Å². The first-order valence-electron chi connectivity index (χ1n) is 8.40. The van der Waals surface area contributed by atoms with E-state index < -0.39 is 0 Å². The fourth-order valence-corrected chi connectivity index (χ4v) is 3.61. The molecule has 2 fully saturated rings. The summed E-state index contributed by atoms with van der Waals surface area (Å²) in [5.74, 6) is 0.722. The zero-order chi connectivity index (χ0) is 16.4. The number of rotatable bonds is 4. The third kappa shape index (κ3) is 4.64. The Morgan fingerprint density at radius 2 is 2.09 bits per heavy atom. The molecule has 2 atom stereocenters. The molecule has 23 heavy (non-hydrogen) atoms. The van der Waals surface area contributed by atoms with Gasteiger partial charge in [-0.15, -0.1) is 10.2 Å². The monoisotopic (exact) mass is 338 g/mol. The summed E-state index contributed by atoms with van der Waals surface area (Å²) in [7, 11) is 0. The number of nitrogens with zero attached hydrogens (tertiary/aromatic N) is 2. The second-order valence-corrected chi connectivity index (χ2v) is 8.61. The minimum absolute atomic E-state index is 0.00189. The maximum Gasteiger partial charge on any atom is 0.315 e. The number of amides is 2. The van der Waals surface area contributed by atoms with Gasteiger partial charge in [-0.2, -0.15) is 0 Å². The van der Waals surface area contributed by atoms with Crippen LogP contribution in [0, 0.1) is 5.92 Å². The number of ether oxygens (including phenoxy) is 1. The van der Waals surface area contributed by atoms with Crippen LogP contribution in [0.25, 0.3) is 0 Å². The van der Waals surface area contributed by atoms with Crippen molar-refractivity contribution in [1.29, 1.82) is 0 Å². The largest absolute Gasteiger partial charge is 0.378 e. The summed E-state index contributed by atoms with van der Waals surface area (Å²) in [4.78, 5) is 12.1. The molecule has 0 unspecified atom stereocenters. The van der Waals surface area contributed by atoms with Crippen molar-refractivity contribution in [3.8, 4) is 0 Å². The van der Waals surface area contributed by atoms with Crippen molar-refractivity contribution in [3.05, 3.63) is 10.0 Å². The third-order valence-corrected chi connectivity index (χ3v) is 5.66. The van der Waals surface area contributed by atoms with E-state index in [2.05, 4.69) is 41.6 Å². The highest BCUT2D eigenvalue weighted by Gasteiger charge is 2.36. The molecule has 2 aliphatic rings. The van der Waals surface area contributed by atoms with Crippen LogP contribution in [0.2, 0.25) is 0 Å². The van der Waals surface area contributed by atoms with Crippen molar-refractivity contribution >= 4 is 17.4 Å². The fourth-order valence-electron chi connectivity index (χ4n) is 2.78. The Morgan fingerprint density at radius 3 is 2.74 bits per heavy atom. The number of urea groups is 1. The van der Waals surface area contributed by atoms with Crippen molar-refractivity contribution in [2.75, 3.05) is 6.61 Å². The topological polar surface area (TPSA) is 76.1 Å². The molecule has 7 heteroatoms. The number of hydrogen-bond acceptors (Lipinski definition) is 5. The Bertz CT molecular complexity index is 551. The molecule has 2 amide bonds. The van der Waals surface area contributed by atoms with Crippen molar-refractivity contribution in [3.63, 3.8) is 0 Å². The van der Waals surface area contributed by atoms with Crippen LogP contribution in [0.5, 0.6) is 0 Å². The fraction of sp³-hybridized carbons (Fsp3) is 0.812. The average Bonchev–Trinajstić information content (AvgIpc) is 3.22. The van der Waals surface area contributed by atoms with Gasteiger partial charge in [0.05, 0.1) is 12.6 Å². The van der Waals surface area contributed by atoms with E-state index in [4.69, 9.17) is 4.74 Å². The maximum absolute atomic E-state index is 12.1. The van der Waals surface area contributed by atoms with Gasteiger partial charge in [-0.3, -0.25) is 0 Å². The first kappa shape index (κ1) is 16.6. The molecule has 3 rings (SSSR count). The number of nitrogens with one attached hydrogen (secondary N) is 2. The second-order valence-electron chi connectivity index (χ2n) is 7.55. The van der Waals surface area contributed by atoms with Gasteiger partial charge in [0.2, 0.25) is 0 Å². The van der Waals surface area contributed by atoms with Crippen LogP contribution in [-0.4, -0.2) is 35.0 Å². The summed E-state index contributed by atoms with van der Waals surface area (Å²) in [6, 6.07) is 0.0906. The zero-order valence-corrected chi connectivity index (χ0v) is 14.9.